The lowest BCUT2D eigenvalue weighted by Crippen LogP contribution is -2.53. The van der Waals surface area contributed by atoms with E-state index in [1.54, 1.807) is 6.92 Å². The molecule has 2 aliphatic carbocycles. The Balaban J connectivity index is 1.70. The summed E-state index contributed by atoms with van der Waals surface area (Å²) in [6.45, 7) is 3.86. The molecule has 0 aromatic heterocycles. The number of carbonyl (C=O) groups is 2. The van der Waals surface area contributed by atoms with Crippen molar-refractivity contribution < 1.29 is 19.4 Å². The van der Waals surface area contributed by atoms with Crippen LogP contribution in [0.2, 0.25) is 0 Å². The highest BCUT2D eigenvalue weighted by Gasteiger charge is 2.70. The van der Waals surface area contributed by atoms with Gasteiger partial charge in [0.1, 0.15) is 0 Å². The molecule has 0 spiro atoms. The second kappa shape index (κ2) is 6.53. The summed E-state index contributed by atoms with van der Waals surface area (Å²) in [5.41, 5.74) is 5.39. The number of nitrogens with one attached hydrogen (secondary N) is 2. The van der Waals surface area contributed by atoms with Gasteiger partial charge in [-0.05, 0) is 44.1 Å². The van der Waals surface area contributed by atoms with Crippen molar-refractivity contribution in [1.82, 2.24) is 10.9 Å². The van der Waals surface area contributed by atoms with Gasteiger partial charge in [0.2, 0.25) is 0 Å². The van der Waals surface area contributed by atoms with Crippen molar-refractivity contribution in [2.24, 2.45) is 17.3 Å². The molecular weight excluding hydrogens is 308 g/mol. The minimum Gasteiger partial charge on any atom is -0.465 e. The molecule has 1 aromatic carbocycles. The zero-order chi connectivity index (χ0) is 17.3. The molecule has 130 valence electrons. The first kappa shape index (κ1) is 16.9. The Kier molecular flexibility index (Phi) is 4.60. The van der Waals surface area contributed by atoms with Crippen molar-refractivity contribution in [3.05, 3.63) is 35.9 Å². The highest BCUT2D eigenvalue weighted by atomic mass is 16.5. The number of aliphatic hydroxyl groups excluding tert-OH is 1. The number of carbonyl (C=O) groups excluding carboxylic acids is 2. The maximum absolute atomic E-state index is 12.8. The number of hydrazine groups is 1. The fraction of sp³-hybridized carbons (Fsp3) is 0.556. The van der Waals surface area contributed by atoms with E-state index in [1.165, 1.54) is 0 Å². The first-order chi connectivity index (χ1) is 11.5. The molecule has 1 aromatic rings. The van der Waals surface area contributed by atoms with E-state index in [9.17, 15) is 14.7 Å². The van der Waals surface area contributed by atoms with Crippen LogP contribution >= 0.6 is 0 Å². The van der Waals surface area contributed by atoms with Crippen LogP contribution in [0.15, 0.2) is 30.3 Å². The Morgan fingerprint density at radius 2 is 2.08 bits per heavy atom. The largest absolute Gasteiger partial charge is 0.465 e. The number of fused-ring (bicyclic) bond motifs is 1. The first-order valence-electron chi connectivity index (χ1n) is 8.47. The van der Waals surface area contributed by atoms with Gasteiger partial charge in [-0.3, -0.25) is 15.0 Å². The van der Waals surface area contributed by atoms with Crippen molar-refractivity contribution in [1.29, 1.82) is 0 Å². The fourth-order valence-corrected chi connectivity index (χ4v) is 3.80. The molecule has 0 saturated heterocycles. The van der Waals surface area contributed by atoms with Crippen molar-refractivity contribution in [3.63, 3.8) is 0 Å². The number of esters is 1. The number of hydrogen-bond acceptors (Lipinski definition) is 5. The van der Waals surface area contributed by atoms with Crippen LogP contribution in [0, 0.1) is 17.3 Å². The fourth-order valence-electron chi connectivity index (χ4n) is 3.80. The molecular formula is C18H24N2O4. The summed E-state index contributed by atoms with van der Waals surface area (Å²) in [6, 6.07) is 9.60. The van der Waals surface area contributed by atoms with Gasteiger partial charge in [-0.2, -0.15) is 0 Å². The maximum Gasteiger partial charge on any atom is 0.322 e. The van der Waals surface area contributed by atoms with E-state index in [2.05, 4.69) is 10.9 Å². The average molecular weight is 332 g/mol. The molecule has 0 radical (unpaired) electrons. The zero-order valence-electron chi connectivity index (χ0n) is 14.0. The van der Waals surface area contributed by atoms with Gasteiger partial charge in [0, 0.05) is 6.04 Å². The average Bonchev–Trinajstić information content (AvgIpc) is 3.34. The maximum atomic E-state index is 12.8. The van der Waals surface area contributed by atoms with Crippen LogP contribution in [0.25, 0.3) is 0 Å². The number of amides is 1. The molecule has 5 atom stereocenters. The molecule has 3 N–H and O–H groups in total. The van der Waals surface area contributed by atoms with Gasteiger partial charge in [0.05, 0.1) is 12.7 Å². The highest BCUT2D eigenvalue weighted by Crippen LogP contribution is 2.62. The molecule has 2 saturated carbocycles. The van der Waals surface area contributed by atoms with E-state index in [1.807, 2.05) is 37.3 Å². The van der Waals surface area contributed by atoms with Crippen molar-refractivity contribution in [2.45, 2.75) is 38.8 Å². The Bertz CT molecular complexity index is 621. The number of ether oxygens (including phenoxy) is 1. The predicted octanol–water partition coefficient (Wildman–Crippen LogP) is 1.32. The number of benzene rings is 1. The summed E-state index contributed by atoms with van der Waals surface area (Å²) < 4.78 is 5.15. The van der Waals surface area contributed by atoms with E-state index in [0.29, 0.717) is 6.42 Å². The lowest BCUT2D eigenvalue weighted by Gasteiger charge is -2.28. The Morgan fingerprint density at radius 3 is 2.62 bits per heavy atom. The van der Waals surface area contributed by atoms with E-state index < -0.39 is 23.4 Å². The molecule has 3 rings (SSSR count). The summed E-state index contributed by atoms with van der Waals surface area (Å²) in [5, 5.41) is 10.1. The first-order valence-corrected chi connectivity index (χ1v) is 8.47. The topological polar surface area (TPSA) is 87.7 Å². The van der Waals surface area contributed by atoms with Crippen molar-refractivity contribution >= 4 is 11.9 Å². The zero-order valence-corrected chi connectivity index (χ0v) is 14.0. The molecule has 2 unspecified atom stereocenters. The second-order valence-corrected chi connectivity index (χ2v) is 6.70. The van der Waals surface area contributed by atoms with Crippen LogP contribution in [0.3, 0.4) is 0 Å². The molecule has 0 aliphatic heterocycles. The van der Waals surface area contributed by atoms with E-state index >= 15 is 0 Å². The molecule has 24 heavy (non-hydrogen) atoms. The molecule has 0 heterocycles. The van der Waals surface area contributed by atoms with Crippen LogP contribution in [-0.2, 0) is 14.3 Å². The van der Waals surface area contributed by atoms with E-state index in [-0.39, 0.29) is 30.9 Å². The number of rotatable bonds is 6. The van der Waals surface area contributed by atoms with E-state index in [0.717, 1.165) is 5.56 Å². The van der Waals surface area contributed by atoms with Gasteiger partial charge in [-0.1, -0.05) is 30.3 Å². The molecule has 2 aliphatic rings. The Morgan fingerprint density at radius 1 is 1.38 bits per heavy atom. The summed E-state index contributed by atoms with van der Waals surface area (Å²) in [5.74, 6) is -1.03. The lowest BCUT2D eigenvalue weighted by molar-refractivity contribution is -0.163. The Hall–Kier alpha value is -1.92. The number of hydrogen-bond donors (Lipinski definition) is 3. The van der Waals surface area contributed by atoms with Crippen molar-refractivity contribution in [3.8, 4) is 0 Å². The minimum absolute atomic E-state index is 0.0340. The summed E-state index contributed by atoms with van der Waals surface area (Å²) in [7, 11) is 0. The summed E-state index contributed by atoms with van der Waals surface area (Å²) in [6.07, 6.45) is 0.215. The summed E-state index contributed by atoms with van der Waals surface area (Å²) >= 11 is 0. The Labute approximate surface area is 141 Å². The van der Waals surface area contributed by atoms with Crippen LogP contribution in [-0.4, -0.2) is 29.7 Å². The third-order valence-corrected chi connectivity index (χ3v) is 5.24. The summed E-state index contributed by atoms with van der Waals surface area (Å²) in [4.78, 5) is 25.3. The molecule has 0 bridgehead atoms. The van der Waals surface area contributed by atoms with Gasteiger partial charge in [-0.25, -0.2) is 5.43 Å². The third kappa shape index (κ3) is 2.80. The normalized spacial score (nSPS) is 31.9. The molecule has 2 fully saturated rings. The lowest BCUT2D eigenvalue weighted by atomic mass is 9.81. The number of aliphatic hydroxyl groups is 1. The standard InChI is InChI=1S/C18H24N2O4/c1-3-24-17(23)18(10-15(21)13-9-14(13)18)16(22)20-19-11(2)12-7-5-4-6-8-12/h4-8,11,13-15,19,21H,3,9-10H2,1-2H3,(H,20,22)/t11-,13?,14?,15+,18+/m1/s1. The van der Waals surface area contributed by atoms with Crippen LogP contribution in [0.5, 0.6) is 0 Å². The van der Waals surface area contributed by atoms with Gasteiger partial charge in [-0.15, -0.1) is 0 Å². The highest BCUT2D eigenvalue weighted by molar-refractivity contribution is 6.04. The van der Waals surface area contributed by atoms with E-state index in [4.69, 9.17) is 4.74 Å². The van der Waals surface area contributed by atoms with Gasteiger partial charge in [0.15, 0.2) is 5.41 Å². The molecule has 1 amide bonds. The second-order valence-electron chi connectivity index (χ2n) is 6.70. The minimum atomic E-state index is -1.27. The molecule has 6 nitrogen and oxygen atoms in total. The quantitative estimate of drug-likeness (QED) is 0.415. The SMILES string of the molecule is CCOC(=O)[C@@]1(C(=O)NN[C@H](C)c2ccccc2)C[C@H](O)C2CC21. The smallest absolute Gasteiger partial charge is 0.322 e. The predicted molar refractivity (Wildman–Crippen MR) is 87.4 cm³/mol. The van der Waals surface area contributed by atoms with Crippen LogP contribution < -0.4 is 10.9 Å². The monoisotopic (exact) mass is 332 g/mol. The van der Waals surface area contributed by atoms with Crippen molar-refractivity contribution in [2.75, 3.05) is 6.61 Å². The van der Waals surface area contributed by atoms with Gasteiger partial charge in [0.25, 0.3) is 5.91 Å². The van der Waals surface area contributed by atoms with Gasteiger partial charge >= 0.3 is 5.97 Å². The van der Waals surface area contributed by atoms with Crippen LogP contribution in [0.1, 0.15) is 38.3 Å². The van der Waals surface area contributed by atoms with Crippen LogP contribution in [0.4, 0.5) is 0 Å². The third-order valence-electron chi connectivity index (χ3n) is 5.24. The molecule has 6 heteroatoms. The van der Waals surface area contributed by atoms with Gasteiger partial charge < -0.3 is 9.84 Å².